The fraction of sp³-hybridized carbons (Fsp3) is 0.660. The summed E-state index contributed by atoms with van der Waals surface area (Å²) in [6.45, 7) is -0.289. The van der Waals surface area contributed by atoms with Crippen LogP contribution in [0.15, 0.2) is 54.9 Å². The summed E-state index contributed by atoms with van der Waals surface area (Å²) in [5.74, 6) is -9.44. The zero-order valence-electron chi connectivity index (χ0n) is 42.0. The molecule has 12 atom stereocenters. The maximum Gasteiger partial charge on any atom is 0.409 e. The third kappa shape index (κ3) is 16.2. The molecule has 5 N–H and O–H groups in total. The summed E-state index contributed by atoms with van der Waals surface area (Å²) in [6.07, 6.45) is 4.00. The Balaban J connectivity index is 0.000000220. The molecule has 2 saturated heterocycles. The Kier molecular flexibility index (Phi) is 21.0. The smallest absolute Gasteiger partial charge is 0.409 e. The minimum Gasteiger partial charge on any atom is -0.461 e. The quantitative estimate of drug-likeness (QED) is 0.0568. The molecule has 0 spiro atoms. The molecule has 21 nitrogen and oxygen atoms in total. The fourth-order valence-corrected chi connectivity index (χ4v) is 11.7. The Morgan fingerprint density at radius 2 is 1.15 bits per heavy atom. The highest BCUT2D eigenvalue weighted by Crippen LogP contribution is 2.50. The Labute approximate surface area is 435 Å². The molecule has 6 aliphatic rings. The highest BCUT2D eigenvalue weighted by atomic mass is 35.7. The molecule has 2 amide bonds. The SMILES string of the molecule is C[C@H](NP(=O)(Cl)Oc1ccccc1)C(=O)OC1CCCCC1.C[C@H](NP(C)(=O)OC[C@@]1(F)O[C@@H](N2C=CC(=O)CC2=O)[C@](C)(F)[C@@H]1O)C(=O)OC1CCCCC1.C[C@]1(F)[C@H](N2C=CC(=O)CC2=O)O[C@](F)(CO)[C@H]1O. The third-order valence-electron chi connectivity index (χ3n) is 12.9. The zero-order valence-corrected chi connectivity index (χ0v) is 44.5. The number of para-hydroxylation sites is 1. The van der Waals surface area contributed by atoms with E-state index in [1.807, 2.05) is 6.07 Å². The normalized spacial score (nSPS) is 32.8. The Hall–Kier alpha value is -4.13. The molecule has 7 rings (SSSR count). The predicted octanol–water partition coefficient (Wildman–Crippen LogP) is 5.78. The number of hydrogen-bond donors (Lipinski definition) is 5. The maximum absolute atomic E-state index is 15.4. The first kappa shape index (κ1) is 61.7. The highest BCUT2D eigenvalue weighted by molar-refractivity contribution is 7.84. The fourth-order valence-electron chi connectivity index (χ4n) is 8.73. The first-order valence-electron chi connectivity index (χ1n) is 24.3. The van der Waals surface area contributed by atoms with Gasteiger partial charge in [0.1, 0.15) is 43.3 Å². The molecule has 0 bridgehead atoms. The van der Waals surface area contributed by atoms with Crippen LogP contribution >= 0.6 is 25.6 Å². The van der Waals surface area contributed by atoms with Gasteiger partial charge in [0.2, 0.25) is 11.8 Å². The number of carbonyl (C=O) groups is 6. The summed E-state index contributed by atoms with van der Waals surface area (Å²) >= 11 is 5.87. The van der Waals surface area contributed by atoms with Crippen LogP contribution in [0, 0.1) is 0 Å². The van der Waals surface area contributed by atoms with Gasteiger partial charge in [-0.2, -0.15) is 0 Å². The van der Waals surface area contributed by atoms with E-state index < -0.39 is 136 Å². The van der Waals surface area contributed by atoms with Crippen LogP contribution < -0.4 is 14.7 Å². The number of ketones is 2. The predicted molar refractivity (Wildman–Crippen MR) is 258 cm³/mol. The summed E-state index contributed by atoms with van der Waals surface area (Å²) in [6, 6.07) is 6.75. The number of aliphatic hydroxyl groups excluding tert-OH is 3. The van der Waals surface area contributed by atoms with E-state index in [9.17, 15) is 56.9 Å². The van der Waals surface area contributed by atoms with Crippen molar-refractivity contribution in [2.75, 3.05) is 19.9 Å². The minimum atomic E-state index is -3.84. The second-order valence-corrected chi connectivity index (χ2v) is 24.3. The van der Waals surface area contributed by atoms with Crippen LogP contribution in [0.2, 0.25) is 0 Å². The number of ether oxygens (including phenoxy) is 4. The average Bonchev–Trinajstić information content (AvgIpc) is 3.64. The van der Waals surface area contributed by atoms with Crippen LogP contribution in [-0.4, -0.2) is 152 Å². The van der Waals surface area contributed by atoms with E-state index in [4.69, 9.17) is 39.6 Å². The molecule has 4 aliphatic heterocycles. The van der Waals surface area contributed by atoms with Gasteiger partial charge >= 0.3 is 18.8 Å². The molecule has 2 unspecified atom stereocenters. The van der Waals surface area contributed by atoms with Crippen LogP contribution in [0.3, 0.4) is 0 Å². The van der Waals surface area contributed by atoms with Crippen LogP contribution in [-0.2, 0) is 61.4 Å². The molecule has 75 heavy (non-hydrogen) atoms. The zero-order chi connectivity index (χ0) is 55.7. The first-order chi connectivity index (χ1) is 34.9. The molecule has 0 radical (unpaired) electrons. The van der Waals surface area contributed by atoms with Crippen molar-refractivity contribution in [3.63, 3.8) is 0 Å². The number of carbonyl (C=O) groups excluding carboxylic acids is 6. The molecule has 0 aromatic heterocycles. The second kappa shape index (κ2) is 25.6. The summed E-state index contributed by atoms with van der Waals surface area (Å²) in [7, 11) is -3.84. The molecule has 420 valence electrons. The van der Waals surface area contributed by atoms with Crippen molar-refractivity contribution in [3.8, 4) is 5.75 Å². The van der Waals surface area contributed by atoms with E-state index in [0.29, 0.717) is 15.5 Å². The lowest BCUT2D eigenvalue weighted by atomic mass is 9.96. The molecule has 4 heterocycles. The van der Waals surface area contributed by atoms with Crippen LogP contribution in [0.1, 0.15) is 105 Å². The molecule has 2 saturated carbocycles. The number of rotatable bonds is 16. The lowest BCUT2D eigenvalue weighted by molar-refractivity contribution is -0.212. The molecular formula is C47H65ClF4N4O17P2. The van der Waals surface area contributed by atoms with Gasteiger partial charge in [0, 0.05) is 30.3 Å². The van der Waals surface area contributed by atoms with Gasteiger partial charge in [-0.15, -0.1) is 0 Å². The first-order valence-corrected chi connectivity index (χ1v) is 28.9. The van der Waals surface area contributed by atoms with Gasteiger partial charge in [0.15, 0.2) is 47.6 Å². The highest BCUT2D eigenvalue weighted by Gasteiger charge is 2.67. The number of allylic oxidation sites excluding steroid dienone is 2. The van der Waals surface area contributed by atoms with Crippen molar-refractivity contribution < 1.29 is 98.8 Å². The molecule has 28 heteroatoms. The molecule has 4 fully saturated rings. The summed E-state index contributed by atoms with van der Waals surface area (Å²) in [4.78, 5) is 71.8. The van der Waals surface area contributed by atoms with Crippen LogP contribution in [0.4, 0.5) is 17.6 Å². The van der Waals surface area contributed by atoms with Gasteiger partial charge < -0.3 is 43.3 Å². The number of halogens is 5. The van der Waals surface area contributed by atoms with Crippen molar-refractivity contribution in [1.82, 2.24) is 20.0 Å². The summed E-state index contributed by atoms with van der Waals surface area (Å²) in [5, 5.41) is 33.7. The van der Waals surface area contributed by atoms with Crippen LogP contribution in [0.25, 0.3) is 0 Å². The van der Waals surface area contributed by atoms with Gasteiger partial charge in [-0.3, -0.25) is 43.1 Å². The largest absolute Gasteiger partial charge is 0.461 e. The number of nitrogens with zero attached hydrogens (tertiary/aromatic N) is 2. The second-order valence-electron chi connectivity index (χ2n) is 19.4. The minimum absolute atomic E-state index is 0.0461. The van der Waals surface area contributed by atoms with E-state index in [0.717, 1.165) is 103 Å². The Morgan fingerprint density at radius 1 is 0.733 bits per heavy atom. The van der Waals surface area contributed by atoms with Crippen molar-refractivity contribution in [2.24, 2.45) is 0 Å². The molecule has 1 aromatic rings. The van der Waals surface area contributed by atoms with E-state index in [1.165, 1.54) is 13.3 Å². The summed E-state index contributed by atoms with van der Waals surface area (Å²) < 4.78 is 115. The maximum atomic E-state index is 15.4. The summed E-state index contributed by atoms with van der Waals surface area (Å²) in [5.41, 5.74) is -5.40. The van der Waals surface area contributed by atoms with Gasteiger partial charge in [0.25, 0.3) is 19.2 Å². The topological polar surface area (TPSA) is 283 Å². The third-order valence-corrected chi connectivity index (χ3v) is 16.0. The van der Waals surface area contributed by atoms with E-state index >= 15 is 8.78 Å². The number of amides is 2. The van der Waals surface area contributed by atoms with Crippen LogP contribution in [0.5, 0.6) is 5.75 Å². The lowest BCUT2D eigenvalue weighted by Gasteiger charge is -2.32. The Bertz CT molecular complexity index is 2380. The van der Waals surface area contributed by atoms with Crippen molar-refractivity contribution in [1.29, 1.82) is 0 Å². The number of esters is 2. The van der Waals surface area contributed by atoms with E-state index in [1.54, 1.807) is 31.2 Å². The Morgan fingerprint density at radius 3 is 1.56 bits per heavy atom. The number of alkyl halides is 4. The monoisotopic (exact) mass is 1130 g/mol. The number of hydrogen-bond acceptors (Lipinski definition) is 17. The van der Waals surface area contributed by atoms with Crippen molar-refractivity contribution in [3.05, 3.63) is 54.9 Å². The molecule has 1 aromatic carbocycles. The average molecular weight is 1130 g/mol. The van der Waals surface area contributed by atoms with E-state index in [2.05, 4.69) is 14.9 Å². The van der Waals surface area contributed by atoms with Gasteiger partial charge in [0.05, 0.1) is 12.8 Å². The molecule has 2 aliphatic carbocycles. The van der Waals surface area contributed by atoms with Gasteiger partial charge in [-0.1, -0.05) is 31.0 Å². The number of nitrogens with one attached hydrogen (secondary N) is 2. The van der Waals surface area contributed by atoms with Gasteiger partial charge in [-0.05, 0) is 103 Å². The number of benzene rings is 1. The molecular weight excluding hydrogens is 1070 g/mol. The van der Waals surface area contributed by atoms with Crippen molar-refractivity contribution in [2.45, 2.75) is 177 Å². The van der Waals surface area contributed by atoms with E-state index in [-0.39, 0.29) is 12.2 Å². The number of aliphatic hydroxyl groups is 3. The lowest BCUT2D eigenvalue weighted by Crippen LogP contribution is -2.52. The van der Waals surface area contributed by atoms with Crippen molar-refractivity contribution >= 4 is 61.0 Å². The standard InChI is InChI=1S/C21H31F2N2O8P.C15H21ClNO4P.C11H13F2NO5/c1-13(17(28)32-15-7-5-4-6-8-15)24-34(3,30)31-12-21(23)18(29)20(2,22)19(33-21)25-10-9-14(26)11-16(25)27;1-12(15(18)20-13-8-4-2-5-9-13)17-22(16,19)21-14-10-6-3-7-11-14;1-10(12)8(18)11(13,5-15)19-9(10)14-3-2-6(16)4-7(14)17/h9-10,13,15,18-19,29H,4-8,11-12H2,1-3H3,(H,24,30);3,6-7,10-13H,2,4-5,8-9H2,1H3,(H,17,19);2-3,8-9,15,18H,4-5H2,1H3/t13-,18-,19+,20+,21+,34?;12-,22?;8-,9+,10+,11+/m000/s1. The van der Waals surface area contributed by atoms with Gasteiger partial charge in [-0.25, -0.2) is 32.3 Å².